The Morgan fingerprint density at radius 3 is 2.50 bits per heavy atom. The molecule has 14 heavy (non-hydrogen) atoms. The van der Waals surface area contributed by atoms with Gasteiger partial charge in [0.05, 0.1) is 0 Å². The molecule has 0 heterocycles. The highest BCUT2D eigenvalue weighted by molar-refractivity contribution is 5.03. The van der Waals surface area contributed by atoms with Gasteiger partial charge in [-0.2, -0.15) is 0 Å². The average Bonchev–Trinajstić information content (AvgIpc) is 2.17. The first-order valence-corrected chi connectivity index (χ1v) is 6.24. The summed E-state index contributed by atoms with van der Waals surface area (Å²) in [6.45, 7) is 9.77. The van der Waals surface area contributed by atoms with Gasteiger partial charge in [0.15, 0.2) is 0 Å². The summed E-state index contributed by atoms with van der Waals surface area (Å²) in [5, 5.41) is 0. The summed E-state index contributed by atoms with van der Waals surface area (Å²) in [6.07, 6.45) is 4.50. The first kappa shape index (κ1) is 10.5. The molecule has 2 bridgehead atoms. The highest BCUT2D eigenvalue weighted by Crippen LogP contribution is 2.61. The van der Waals surface area contributed by atoms with Crippen molar-refractivity contribution in [2.45, 2.75) is 40.0 Å². The van der Waals surface area contributed by atoms with Crippen molar-refractivity contribution in [3.05, 3.63) is 0 Å². The standard InChI is InChI=1S/C13H25N/c1-5-14(4)9-10-6-7-11-8-12(10)13(11,2)3/h10-12H,5-9H2,1-4H3. The maximum Gasteiger partial charge on any atom is 0.000935 e. The van der Waals surface area contributed by atoms with E-state index >= 15 is 0 Å². The minimum Gasteiger partial charge on any atom is -0.306 e. The molecule has 0 aromatic rings. The Labute approximate surface area is 88.9 Å². The first-order chi connectivity index (χ1) is 6.55. The molecule has 1 heteroatoms. The van der Waals surface area contributed by atoms with Crippen molar-refractivity contribution in [1.82, 2.24) is 4.90 Å². The van der Waals surface area contributed by atoms with Gasteiger partial charge in [-0.3, -0.25) is 0 Å². The molecule has 0 amide bonds. The average molecular weight is 195 g/mol. The van der Waals surface area contributed by atoms with Crippen LogP contribution in [0.2, 0.25) is 0 Å². The van der Waals surface area contributed by atoms with Crippen molar-refractivity contribution in [1.29, 1.82) is 0 Å². The lowest BCUT2D eigenvalue weighted by Gasteiger charge is -2.60. The molecule has 0 saturated heterocycles. The number of fused-ring (bicyclic) bond motifs is 2. The molecule has 3 unspecified atom stereocenters. The summed E-state index contributed by atoms with van der Waals surface area (Å²) in [5.41, 5.74) is 0.664. The molecule has 3 atom stereocenters. The maximum absolute atomic E-state index is 2.49. The van der Waals surface area contributed by atoms with Crippen LogP contribution in [0.15, 0.2) is 0 Å². The van der Waals surface area contributed by atoms with Crippen LogP contribution in [-0.2, 0) is 0 Å². The van der Waals surface area contributed by atoms with Crippen LogP contribution in [0.1, 0.15) is 40.0 Å². The Kier molecular flexibility index (Phi) is 2.63. The van der Waals surface area contributed by atoms with E-state index in [2.05, 4.69) is 32.7 Å². The minimum absolute atomic E-state index is 0.664. The second kappa shape index (κ2) is 3.52. The molecule has 3 fully saturated rings. The van der Waals surface area contributed by atoms with Crippen molar-refractivity contribution in [3.8, 4) is 0 Å². The Hall–Kier alpha value is -0.0400. The Bertz CT molecular complexity index is 207. The van der Waals surface area contributed by atoms with Crippen LogP contribution in [-0.4, -0.2) is 25.0 Å². The summed E-state index contributed by atoms with van der Waals surface area (Å²) >= 11 is 0. The SMILES string of the molecule is CCN(C)CC1CCC2CC1C2(C)C. The predicted octanol–water partition coefficient (Wildman–Crippen LogP) is 3.01. The van der Waals surface area contributed by atoms with Gasteiger partial charge in [-0.15, -0.1) is 0 Å². The van der Waals surface area contributed by atoms with Crippen LogP contribution in [0.3, 0.4) is 0 Å². The lowest BCUT2D eigenvalue weighted by atomic mass is 9.45. The summed E-state index contributed by atoms with van der Waals surface area (Å²) in [4.78, 5) is 2.49. The second-order valence-corrected chi connectivity index (χ2v) is 6.05. The molecule has 0 aliphatic heterocycles. The number of nitrogens with zero attached hydrogens (tertiary/aromatic N) is 1. The molecule has 3 aliphatic carbocycles. The van der Waals surface area contributed by atoms with Gasteiger partial charge in [0.1, 0.15) is 0 Å². The van der Waals surface area contributed by atoms with Crippen molar-refractivity contribution >= 4 is 0 Å². The molecule has 0 radical (unpaired) electrons. The van der Waals surface area contributed by atoms with Gasteiger partial charge < -0.3 is 4.90 Å². The molecular weight excluding hydrogens is 170 g/mol. The van der Waals surface area contributed by atoms with E-state index in [1.807, 2.05) is 0 Å². The van der Waals surface area contributed by atoms with Crippen molar-refractivity contribution in [2.24, 2.45) is 23.2 Å². The third-order valence-electron chi connectivity index (χ3n) is 5.09. The van der Waals surface area contributed by atoms with E-state index in [1.165, 1.54) is 32.4 Å². The Morgan fingerprint density at radius 1 is 1.29 bits per heavy atom. The fourth-order valence-corrected chi connectivity index (χ4v) is 3.71. The zero-order chi connectivity index (χ0) is 10.3. The predicted molar refractivity (Wildman–Crippen MR) is 61.3 cm³/mol. The summed E-state index contributed by atoms with van der Waals surface area (Å²) in [7, 11) is 2.26. The zero-order valence-electron chi connectivity index (χ0n) is 10.2. The quantitative estimate of drug-likeness (QED) is 0.669. The van der Waals surface area contributed by atoms with E-state index < -0.39 is 0 Å². The molecule has 82 valence electrons. The van der Waals surface area contributed by atoms with Crippen LogP contribution >= 0.6 is 0 Å². The van der Waals surface area contributed by atoms with Gasteiger partial charge in [-0.1, -0.05) is 20.8 Å². The topological polar surface area (TPSA) is 3.24 Å². The fraction of sp³-hybridized carbons (Fsp3) is 1.00. The van der Waals surface area contributed by atoms with Crippen LogP contribution in [0.25, 0.3) is 0 Å². The Balaban J connectivity index is 1.94. The van der Waals surface area contributed by atoms with Gasteiger partial charge in [-0.05, 0) is 56.0 Å². The van der Waals surface area contributed by atoms with E-state index in [0.717, 1.165) is 17.8 Å². The number of hydrogen-bond acceptors (Lipinski definition) is 1. The van der Waals surface area contributed by atoms with E-state index in [-0.39, 0.29) is 0 Å². The van der Waals surface area contributed by atoms with Crippen molar-refractivity contribution in [3.63, 3.8) is 0 Å². The molecule has 0 aromatic heterocycles. The minimum atomic E-state index is 0.664. The molecule has 3 rings (SSSR count). The number of hydrogen-bond donors (Lipinski definition) is 0. The van der Waals surface area contributed by atoms with Gasteiger partial charge >= 0.3 is 0 Å². The lowest BCUT2D eigenvalue weighted by Crippen LogP contribution is -2.54. The van der Waals surface area contributed by atoms with Gasteiger partial charge in [0.2, 0.25) is 0 Å². The monoisotopic (exact) mass is 195 g/mol. The molecule has 3 saturated carbocycles. The number of rotatable bonds is 3. The van der Waals surface area contributed by atoms with Crippen LogP contribution in [0, 0.1) is 23.2 Å². The van der Waals surface area contributed by atoms with E-state index in [1.54, 1.807) is 0 Å². The van der Waals surface area contributed by atoms with E-state index in [9.17, 15) is 0 Å². The van der Waals surface area contributed by atoms with Crippen LogP contribution < -0.4 is 0 Å². The largest absolute Gasteiger partial charge is 0.306 e. The summed E-state index contributed by atoms with van der Waals surface area (Å²) in [6, 6.07) is 0. The van der Waals surface area contributed by atoms with Gasteiger partial charge in [-0.25, -0.2) is 0 Å². The second-order valence-electron chi connectivity index (χ2n) is 6.05. The third-order valence-corrected chi connectivity index (χ3v) is 5.09. The summed E-state index contributed by atoms with van der Waals surface area (Å²) in [5.74, 6) is 3.06. The Morgan fingerprint density at radius 2 is 2.00 bits per heavy atom. The smallest absolute Gasteiger partial charge is 0.000935 e. The molecule has 0 spiro atoms. The molecule has 1 nitrogen and oxygen atoms in total. The maximum atomic E-state index is 2.49. The normalized spacial score (nSPS) is 39.6. The highest BCUT2D eigenvalue weighted by Gasteiger charge is 2.53. The molecular formula is C13H25N. The van der Waals surface area contributed by atoms with E-state index in [4.69, 9.17) is 0 Å². The van der Waals surface area contributed by atoms with E-state index in [0.29, 0.717) is 5.41 Å². The molecule has 0 aromatic carbocycles. The lowest BCUT2D eigenvalue weighted by molar-refractivity contribution is -0.110. The molecule has 0 N–H and O–H groups in total. The zero-order valence-corrected chi connectivity index (χ0v) is 10.2. The van der Waals surface area contributed by atoms with Crippen molar-refractivity contribution in [2.75, 3.05) is 20.1 Å². The third kappa shape index (κ3) is 1.50. The first-order valence-electron chi connectivity index (χ1n) is 6.24. The highest BCUT2D eigenvalue weighted by atomic mass is 15.1. The van der Waals surface area contributed by atoms with Crippen molar-refractivity contribution < 1.29 is 0 Å². The van der Waals surface area contributed by atoms with Crippen LogP contribution in [0.4, 0.5) is 0 Å². The fourth-order valence-electron chi connectivity index (χ4n) is 3.71. The van der Waals surface area contributed by atoms with Gasteiger partial charge in [0, 0.05) is 6.54 Å². The van der Waals surface area contributed by atoms with Crippen LogP contribution in [0.5, 0.6) is 0 Å². The molecule has 3 aliphatic rings. The van der Waals surface area contributed by atoms with Gasteiger partial charge in [0.25, 0.3) is 0 Å². The summed E-state index contributed by atoms with van der Waals surface area (Å²) < 4.78 is 0.